The summed E-state index contributed by atoms with van der Waals surface area (Å²) in [4.78, 5) is 0. The SMILES string of the molecule is Nc1ccc(Cl)cc1.OC(C#CC1CC1)C(F)(F)F. The molecule has 0 aromatic heterocycles. The van der Waals surface area contributed by atoms with Crippen LogP contribution in [0.15, 0.2) is 24.3 Å². The zero-order valence-electron chi connectivity index (χ0n) is 9.91. The van der Waals surface area contributed by atoms with Crippen molar-refractivity contribution in [3.8, 4) is 11.8 Å². The largest absolute Gasteiger partial charge is 0.425 e. The molecule has 3 N–H and O–H groups in total. The normalized spacial score (nSPS) is 15.6. The number of hydrogen-bond donors (Lipinski definition) is 2. The quantitative estimate of drug-likeness (QED) is 0.569. The lowest BCUT2D eigenvalue weighted by Gasteiger charge is -2.06. The number of aliphatic hydroxyl groups excluding tert-OH is 1. The maximum Gasteiger partial charge on any atom is 0.425 e. The van der Waals surface area contributed by atoms with Gasteiger partial charge in [0.1, 0.15) is 0 Å². The summed E-state index contributed by atoms with van der Waals surface area (Å²) in [6, 6.07) is 7.05. The van der Waals surface area contributed by atoms with Gasteiger partial charge in [-0.1, -0.05) is 23.4 Å². The van der Waals surface area contributed by atoms with Crippen LogP contribution in [0.3, 0.4) is 0 Å². The van der Waals surface area contributed by atoms with Crippen LogP contribution < -0.4 is 5.73 Å². The van der Waals surface area contributed by atoms with Crippen molar-refractivity contribution in [2.45, 2.75) is 25.1 Å². The lowest BCUT2D eigenvalue weighted by Crippen LogP contribution is -2.26. The highest BCUT2D eigenvalue weighted by molar-refractivity contribution is 6.30. The van der Waals surface area contributed by atoms with E-state index in [0.717, 1.165) is 23.6 Å². The predicted octanol–water partition coefficient (Wildman–Crippen LogP) is 3.25. The van der Waals surface area contributed by atoms with Gasteiger partial charge in [-0.25, -0.2) is 0 Å². The minimum atomic E-state index is -4.60. The molecule has 6 heteroatoms. The summed E-state index contributed by atoms with van der Waals surface area (Å²) in [6.45, 7) is 0. The number of alkyl halides is 3. The van der Waals surface area contributed by atoms with Gasteiger partial charge in [0.2, 0.25) is 6.10 Å². The van der Waals surface area contributed by atoms with Gasteiger partial charge in [-0.3, -0.25) is 0 Å². The highest BCUT2D eigenvalue weighted by atomic mass is 35.5. The van der Waals surface area contributed by atoms with E-state index in [2.05, 4.69) is 5.92 Å². The number of hydrogen-bond acceptors (Lipinski definition) is 2. The van der Waals surface area contributed by atoms with Crippen molar-refractivity contribution in [1.29, 1.82) is 0 Å². The zero-order valence-corrected chi connectivity index (χ0v) is 10.7. The van der Waals surface area contributed by atoms with Crippen LogP contribution in [0.25, 0.3) is 0 Å². The Hall–Kier alpha value is -1.38. The van der Waals surface area contributed by atoms with Crippen molar-refractivity contribution in [2.24, 2.45) is 5.92 Å². The highest BCUT2D eigenvalue weighted by Gasteiger charge is 2.37. The summed E-state index contributed by atoms with van der Waals surface area (Å²) < 4.78 is 34.7. The average Bonchev–Trinajstić information content (AvgIpc) is 3.13. The second-order valence-corrected chi connectivity index (χ2v) is 4.50. The van der Waals surface area contributed by atoms with Crippen LogP contribution in [0, 0.1) is 17.8 Å². The van der Waals surface area contributed by atoms with Gasteiger partial charge in [0.05, 0.1) is 0 Å². The number of rotatable bonds is 0. The molecule has 0 saturated heterocycles. The van der Waals surface area contributed by atoms with E-state index in [1.807, 2.05) is 0 Å². The standard InChI is InChI=1S/C7H7F3O.C6H6ClN/c8-7(9,10)6(11)4-3-5-1-2-5;7-5-1-3-6(8)4-2-5/h5-6,11H,1-2H2;1-4H,8H2. The fraction of sp³-hybridized carbons (Fsp3) is 0.385. The lowest BCUT2D eigenvalue weighted by atomic mass is 10.3. The molecule has 104 valence electrons. The van der Waals surface area contributed by atoms with Crippen molar-refractivity contribution in [1.82, 2.24) is 0 Å². The van der Waals surface area contributed by atoms with E-state index < -0.39 is 12.3 Å². The maximum absolute atomic E-state index is 11.6. The predicted molar refractivity (Wildman–Crippen MR) is 68.4 cm³/mol. The molecule has 1 fully saturated rings. The second kappa shape index (κ2) is 6.69. The van der Waals surface area contributed by atoms with E-state index in [9.17, 15) is 13.2 Å². The first-order valence-corrected chi connectivity index (χ1v) is 5.93. The molecule has 0 amide bonds. The van der Waals surface area contributed by atoms with E-state index >= 15 is 0 Å². The summed E-state index contributed by atoms with van der Waals surface area (Å²) in [7, 11) is 0. The topological polar surface area (TPSA) is 46.2 Å². The first-order chi connectivity index (χ1) is 8.79. The Balaban J connectivity index is 0.000000200. The number of nitrogen functional groups attached to an aromatic ring is 1. The molecular formula is C13H13ClF3NO. The molecule has 2 rings (SSSR count). The second-order valence-electron chi connectivity index (χ2n) is 4.06. The van der Waals surface area contributed by atoms with Gasteiger partial charge in [-0.15, -0.1) is 0 Å². The van der Waals surface area contributed by atoms with Gasteiger partial charge >= 0.3 is 6.18 Å². The third-order valence-electron chi connectivity index (χ3n) is 2.18. The third kappa shape index (κ3) is 6.94. The van der Waals surface area contributed by atoms with E-state index in [-0.39, 0.29) is 5.92 Å². The Morgan fingerprint density at radius 2 is 1.79 bits per heavy atom. The highest BCUT2D eigenvalue weighted by Crippen LogP contribution is 2.28. The molecule has 19 heavy (non-hydrogen) atoms. The molecule has 1 aliphatic rings. The van der Waals surface area contributed by atoms with E-state index in [4.69, 9.17) is 22.4 Å². The Morgan fingerprint density at radius 1 is 1.26 bits per heavy atom. The van der Waals surface area contributed by atoms with Crippen LogP contribution >= 0.6 is 11.6 Å². The monoisotopic (exact) mass is 291 g/mol. The molecular weight excluding hydrogens is 279 g/mol. The summed E-state index contributed by atoms with van der Waals surface area (Å²) in [5.74, 6) is 4.20. The van der Waals surface area contributed by atoms with Gasteiger partial charge in [0.25, 0.3) is 0 Å². The van der Waals surface area contributed by atoms with Gasteiger partial charge in [-0.05, 0) is 37.1 Å². The fourth-order valence-corrected chi connectivity index (χ4v) is 1.10. The molecule has 2 nitrogen and oxygen atoms in total. The fourth-order valence-electron chi connectivity index (χ4n) is 0.969. The molecule has 1 aliphatic carbocycles. The summed E-state index contributed by atoms with van der Waals surface area (Å²) in [6.07, 6.45) is -5.35. The minimum absolute atomic E-state index is 0.0898. The van der Waals surface area contributed by atoms with Crippen LogP contribution in [0.2, 0.25) is 5.02 Å². The molecule has 1 aromatic carbocycles. The van der Waals surface area contributed by atoms with Crippen LogP contribution in [0.4, 0.5) is 18.9 Å². The molecule has 1 aromatic rings. The van der Waals surface area contributed by atoms with E-state index in [0.29, 0.717) is 0 Å². The Labute approximate surface area is 114 Å². The van der Waals surface area contributed by atoms with Crippen molar-refractivity contribution in [2.75, 3.05) is 5.73 Å². The number of anilines is 1. The number of benzene rings is 1. The van der Waals surface area contributed by atoms with Crippen molar-refractivity contribution >= 4 is 17.3 Å². The summed E-state index contributed by atoms with van der Waals surface area (Å²) in [5.41, 5.74) is 6.11. The number of nitrogens with two attached hydrogens (primary N) is 1. The van der Waals surface area contributed by atoms with Gasteiger partial charge in [-0.2, -0.15) is 13.2 Å². The first-order valence-electron chi connectivity index (χ1n) is 5.56. The van der Waals surface area contributed by atoms with Crippen LogP contribution in [-0.4, -0.2) is 17.4 Å². The summed E-state index contributed by atoms with van der Waals surface area (Å²) >= 11 is 5.56. The maximum atomic E-state index is 11.6. The molecule has 0 spiro atoms. The van der Waals surface area contributed by atoms with Crippen LogP contribution in [0.5, 0.6) is 0 Å². The van der Waals surface area contributed by atoms with Gasteiger partial charge in [0, 0.05) is 16.6 Å². The summed E-state index contributed by atoms with van der Waals surface area (Å²) in [5, 5.41) is 9.09. The van der Waals surface area contributed by atoms with Crippen molar-refractivity contribution < 1.29 is 18.3 Å². The molecule has 0 bridgehead atoms. The Morgan fingerprint density at radius 3 is 2.16 bits per heavy atom. The molecule has 1 unspecified atom stereocenters. The van der Waals surface area contributed by atoms with Crippen molar-refractivity contribution in [3.63, 3.8) is 0 Å². The molecule has 0 aliphatic heterocycles. The zero-order chi connectivity index (χ0) is 14.5. The molecule has 1 saturated carbocycles. The molecule has 0 heterocycles. The molecule has 0 radical (unpaired) electrons. The smallest absolute Gasteiger partial charge is 0.399 e. The lowest BCUT2D eigenvalue weighted by molar-refractivity contribution is -0.184. The van der Waals surface area contributed by atoms with Crippen molar-refractivity contribution in [3.05, 3.63) is 29.3 Å². The number of halogens is 4. The Kier molecular flexibility index (Phi) is 5.52. The molecule has 1 atom stereocenters. The average molecular weight is 292 g/mol. The minimum Gasteiger partial charge on any atom is -0.399 e. The third-order valence-corrected chi connectivity index (χ3v) is 2.43. The van der Waals surface area contributed by atoms with Gasteiger partial charge in [0.15, 0.2) is 0 Å². The number of aliphatic hydroxyl groups is 1. The van der Waals surface area contributed by atoms with E-state index in [1.54, 1.807) is 30.2 Å². The van der Waals surface area contributed by atoms with Gasteiger partial charge < -0.3 is 10.8 Å². The first kappa shape index (κ1) is 15.7. The van der Waals surface area contributed by atoms with Crippen LogP contribution in [-0.2, 0) is 0 Å². The van der Waals surface area contributed by atoms with Crippen LogP contribution in [0.1, 0.15) is 12.8 Å². The Bertz CT molecular complexity index is 437. The van der Waals surface area contributed by atoms with E-state index in [1.165, 1.54) is 0 Å².